The average Bonchev–Trinajstić information content (AvgIpc) is 2.94. The molecule has 1 fully saturated rings. The lowest BCUT2D eigenvalue weighted by Gasteiger charge is -2.14. The minimum atomic E-state index is 0. The van der Waals surface area contributed by atoms with E-state index in [-0.39, 0.29) is 42.7 Å². The number of hydrogen-bond donors (Lipinski definition) is 2. The van der Waals surface area contributed by atoms with Crippen molar-refractivity contribution in [3.8, 4) is 0 Å². The van der Waals surface area contributed by atoms with E-state index < -0.39 is 0 Å². The molecule has 0 radical (unpaired) electrons. The number of aromatic nitrogens is 1. The van der Waals surface area contributed by atoms with E-state index in [9.17, 15) is 4.79 Å². The van der Waals surface area contributed by atoms with E-state index in [0.717, 1.165) is 30.7 Å². The molecular weight excluding hydrogens is 305 g/mol. The fourth-order valence-corrected chi connectivity index (χ4v) is 3.00. The Morgan fingerprint density at radius 1 is 1.53 bits per heavy atom. The molecule has 2 atom stereocenters. The van der Waals surface area contributed by atoms with Gasteiger partial charge in [0.25, 0.3) is 0 Å². The standard InChI is InChI=1S/C12H19N3OS.2ClH/c1-2-8-6-14-11(17-8)7-15-12(16)9-4-3-5-10(9)13;;/h6,9-10H,2-5,7,13H2,1H3,(H,15,16);2*1H. The molecule has 1 heterocycles. The van der Waals surface area contributed by atoms with Gasteiger partial charge in [-0.2, -0.15) is 0 Å². The third kappa shape index (κ3) is 4.91. The molecule has 2 unspecified atom stereocenters. The lowest BCUT2D eigenvalue weighted by atomic mass is 10.0. The lowest BCUT2D eigenvalue weighted by Crippen LogP contribution is -2.38. The highest BCUT2D eigenvalue weighted by molar-refractivity contribution is 7.11. The minimum absolute atomic E-state index is 0. The Bertz CT molecular complexity index is 400. The molecule has 0 aliphatic heterocycles. The number of amides is 1. The molecule has 1 aliphatic carbocycles. The Balaban J connectivity index is 0.00000162. The lowest BCUT2D eigenvalue weighted by molar-refractivity contribution is -0.125. The van der Waals surface area contributed by atoms with Crippen LogP contribution in [0.2, 0.25) is 0 Å². The second-order valence-corrected chi connectivity index (χ2v) is 5.69. The highest BCUT2D eigenvalue weighted by Gasteiger charge is 2.29. The molecule has 0 bridgehead atoms. The Hall–Kier alpha value is -0.360. The molecule has 1 aromatic heterocycles. The first-order chi connectivity index (χ1) is 8.20. The number of carbonyl (C=O) groups excluding carboxylic acids is 1. The van der Waals surface area contributed by atoms with E-state index in [4.69, 9.17) is 5.73 Å². The fourth-order valence-electron chi connectivity index (χ4n) is 2.20. The van der Waals surface area contributed by atoms with Crippen molar-refractivity contribution in [2.45, 2.75) is 45.2 Å². The second-order valence-electron chi connectivity index (χ2n) is 4.49. The van der Waals surface area contributed by atoms with Crippen molar-refractivity contribution in [3.63, 3.8) is 0 Å². The molecule has 1 amide bonds. The van der Waals surface area contributed by atoms with Crippen LogP contribution >= 0.6 is 36.2 Å². The van der Waals surface area contributed by atoms with Gasteiger partial charge in [0.1, 0.15) is 5.01 Å². The summed E-state index contributed by atoms with van der Waals surface area (Å²) in [6, 6.07) is 0.0393. The molecule has 2 rings (SSSR count). The SMILES string of the molecule is CCc1cnc(CNC(=O)C2CCCC2N)s1.Cl.Cl. The van der Waals surface area contributed by atoms with Crippen LogP contribution in [-0.4, -0.2) is 16.9 Å². The summed E-state index contributed by atoms with van der Waals surface area (Å²) in [5.74, 6) is 0.0869. The van der Waals surface area contributed by atoms with Crippen molar-refractivity contribution >= 4 is 42.1 Å². The summed E-state index contributed by atoms with van der Waals surface area (Å²) < 4.78 is 0. The largest absolute Gasteiger partial charge is 0.349 e. The van der Waals surface area contributed by atoms with Crippen LogP contribution in [0.25, 0.3) is 0 Å². The third-order valence-electron chi connectivity index (χ3n) is 3.27. The minimum Gasteiger partial charge on any atom is -0.349 e. The van der Waals surface area contributed by atoms with Crippen LogP contribution in [0.15, 0.2) is 6.20 Å². The van der Waals surface area contributed by atoms with Crippen molar-refractivity contribution in [2.24, 2.45) is 11.7 Å². The van der Waals surface area contributed by atoms with Crippen LogP contribution in [-0.2, 0) is 17.8 Å². The average molecular weight is 326 g/mol. The number of hydrogen-bond acceptors (Lipinski definition) is 4. The molecule has 7 heteroatoms. The number of nitrogens with two attached hydrogens (primary N) is 1. The summed E-state index contributed by atoms with van der Waals surface area (Å²) in [5, 5.41) is 3.91. The predicted molar refractivity (Wildman–Crippen MR) is 83.2 cm³/mol. The van der Waals surface area contributed by atoms with E-state index in [2.05, 4.69) is 17.2 Å². The molecule has 1 aromatic rings. The summed E-state index contributed by atoms with van der Waals surface area (Å²) in [5.41, 5.74) is 5.90. The molecule has 0 saturated heterocycles. The summed E-state index contributed by atoms with van der Waals surface area (Å²) in [4.78, 5) is 17.4. The molecule has 1 saturated carbocycles. The zero-order chi connectivity index (χ0) is 12.3. The van der Waals surface area contributed by atoms with Gasteiger partial charge in [-0.25, -0.2) is 4.98 Å². The Morgan fingerprint density at radius 3 is 2.79 bits per heavy atom. The van der Waals surface area contributed by atoms with Gasteiger partial charge in [-0.3, -0.25) is 4.79 Å². The van der Waals surface area contributed by atoms with Crippen molar-refractivity contribution in [2.75, 3.05) is 0 Å². The first-order valence-corrected chi connectivity index (χ1v) is 6.99. The highest BCUT2D eigenvalue weighted by atomic mass is 35.5. The van der Waals surface area contributed by atoms with Crippen LogP contribution in [0.3, 0.4) is 0 Å². The van der Waals surface area contributed by atoms with Gasteiger partial charge < -0.3 is 11.1 Å². The van der Waals surface area contributed by atoms with E-state index in [1.54, 1.807) is 11.3 Å². The molecule has 19 heavy (non-hydrogen) atoms. The molecule has 0 spiro atoms. The molecule has 110 valence electrons. The van der Waals surface area contributed by atoms with E-state index >= 15 is 0 Å². The number of carbonyl (C=O) groups is 1. The number of aryl methyl sites for hydroxylation is 1. The number of rotatable bonds is 4. The van der Waals surface area contributed by atoms with Gasteiger partial charge in [-0.05, 0) is 19.3 Å². The smallest absolute Gasteiger partial charge is 0.225 e. The Morgan fingerprint density at radius 2 is 2.26 bits per heavy atom. The van der Waals surface area contributed by atoms with Crippen molar-refractivity contribution in [1.29, 1.82) is 0 Å². The third-order valence-corrected chi connectivity index (χ3v) is 4.41. The Kier molecular flexibility index (Phi) is 8.57. The Labute approximate surface area is 130 Å². The quantitative estimate of drug-likeness (QED) is 0.892. The van der Waals surface area contributed by atoms with Crippen molar-refractivity contribution in [1.82, 2.24) is 10.3 Å². The zero-order valence-corrected chi connectivity index (χ0v) is 13.4. The van der Waals surface area contributed by atoms with Crippen molar-refractivity contribution in [3.05, 3.63) is 16.1 Å². The molecule has 4 nitrogen and oxygen atoms in total. The molecule has 3 N–H and O–H groups in total. The van der Waals surface area contributed by atoms with Gasteiger partial charge >= 0.3 is 0 Å². The van der Waals surface area contributed by atoms with Crippen LogP contribution in [0.1, 0.15) is 36.1 Å². The molecular formula is C12H21Cl2N3OS. The summed E-state index contributed by atoms with van der Waals surface area (Å²) in [6.07, 6.45) is 5.84. The van der Waals surface area contributed by atoms with E-state index in [1.165, 1.54) is 4.88 Å². The van der Waals surface area contributed by atoms with Gasteiger partial charge in [-0.15, -0.1) is 36.2 Å². The number of nitrogens with one attached hydrogen (secondary N) is 1. The summed E-state index contributed by atoms with van der Waals surface area (Å²) >= 11 is 1.66. The van der Waals surface area contributed by atoms with Crippen LogP contribution in [0.5, 0.6) is 0 Å². The summed E-state index contributed by atoms with van der Waals surface area (Å²) in [6.45, 7) is 2.64. The van der Waals surface area contributed by atoms with Gasteiger partial charge in [-0.1, -0.05) is 13.3 Å². The van der Waals surface area contributed by atoms with Gasteiger partial charge in [0.2, 0.25) is 5.91 Å². The van der Waals surface area contributed by atoms with Crippen LogP contribution in [0.4, 0.5) is 0 Å². The maximum Gasteiger partial charge on any atom is 0.225 e. The number of thiazole rings is 1. The van der Waals surface area contributed by atoms with Gasteiger partial charge in [0.05, 0.1) is 12.5 Å². The topological polar surface area (TPSA) is 68.0 Å². The van der Waals surface area contributed by atoms with Crippen LogP contribution in [0, 0.1) is 5.92 Å². The maximum atomic E-state index is 11.9. The first-order valence-electron chi connectivity index (χ1n) is 6.17. The van der Waals surface area contributed by atoms with Crippen molar-refractivity contribution < 1.29 is 4.79 Å². The van der Waals surface area contributed by atoms with Gasteiger partial charge in [0.15, 0.2) is 0 Å². The second kappa shape index (κ2) is 8.74. The number of halogens is 2. The van der Waals surface area contributed by atoms with Gasteiger partial charge in [0, 0.05) is 17.1 Å². The van der Waals surface area contributed by atoms with E-state index in [1.807, 2.05) is 6.20 Å². The highest BCUT2D eigenvalue weighted by Crippen LogP contribution is 2.24. The normalized spacial score (nSPS) is 21.4. The fraction of sp³-hybridized carbons (Fsp3) is 0.667. The zero-order valence-electron chi connectivity index (χ0n) is 10.9. The summed E-state index contributed by atoms with van der Waals surface area (Å²) in [7, 11) is 0. The first kappa shape index (κ1) is 18.6. The predicted octanol–water partition coefficient (Wildman–Crippen LogP) is 2.29. The number of nitrogens with zero attached hydrogens (tertiary/aromatic N) is 1. The van der Waals surface area contributed by atoms with Crippen LogP contribution < -0.4 is 11.1 Å². The van der Waals surface area contributed by atoms with E-state index in [0.29, 0.717) is 6.54 Å². The maximum absolute atomic E-state index is 11.9. The monoisotopic (exact) mass is 325 g/mol. The molecule has 1 aliphatic rings. The molecule has 0 aromatic carbocycles.